The Morgan fingerprint density at radius 2 is 2.17 bits per heavy atom. The molecular weight excluding hydrogens is 370 g/mol. The summed E-state index contributed by atoms with van der Waals surface area (Å²) in [5, 5.41) is 3.88. The molecule has 1 aromatic heterocycles. The van der Waals surface area contributed by atoms with Crippen LogP contribution < -0.4 is 11.1 Å². The summed E-state index contributed by atoms with van der Waals surface area (Å²) in [5.41, 5.74) is 6.56. The molecule has 0 unspecified atom stereocenters. The molecule has 9 heteroatoms. The standard InChI is InChI=1S/C15H18ClN3O3S2/c1-8-11-5-9(16)3-4-13(11)23-15(8)24(21,22)19-7-10(17)6-12(19)14(20)18-2/h3-5,10,12H,6-7,17H2,1-2H3,(H,18,20)/t10-,12+/m1/s1. The van der Waals surface area contributed by atoms with Crippen LogP contribution in [0.1, 0.15) is 12.0 Å². The number of amides is 1. The number of halogens is 1. The first-order chi connectivity index (χ1) is 11.3. The van der Waals surface area contributed by atoms with Crippen LogP contribution >= 0.6 is 22.9 Å². The van der Waals surface area contributed by atoms with Gasteiger partial charge in [0.25, 0.3) is 10.0 Å². The second-order valence-electron chi connectivity index (χ2n) is 5.86. The van der Waals surface area contributed by atoms with Gasteiger partial charge in [0.2, 0.25) is 5.91 Å². The van der Waals surface area contributed by atoms with Crippen LogP contribution in [0, 0.1) is 6.92 Å². The molecule has 24 heavy (non-hydrogen) atoms. The minimum absolute atomic E-state index is 0.134. The highest BCUT2D eigenvalue weighted by atomic mass is 35.5. The molecule has 0 saturated carbocycles. The van der Waals surface area contributed by atoms with Gasteiger partial charge in [-0.3, -0.25) is 4.79 Å². The van der Waals surface area contributed by atoms with E-state index < -0.39 is 16.1 Å². The Morgan fingerprint density at radius 1 is 1.46 bits per heavy atom. The zero-order valence-corrected chi connectivity index (χ0v) is 15.6. The fourth-order valence-electron chi connectivity index (χ4n) is 3.03. The first kappa shape index (κ1) is 17.6. The molecule has 6 nitrogen and oxygen atoms in total. The van der Waals surface area contributed by atoms with E-state index in [9.17, 15) is 13.2 Å². The number of sulfonamides is 1. The molecule has 3 rings (SSSR count). The van der Waals surface area contributed by atoms with Gasteiger partial charge in [-0.25, -0.2) is 8.42 Å². The Morgan fingerprint density at radius 3 is 2.83 bits per heavy atom. The van der Waals surface area contributed by atoms with E-state index in [0.717, 1.165) is 10.1 Å². The number of benzene rings is 1. The number of hydrogen-bond acceptors (Lipinski definition) is 5. The second-order valence-corrected chi connectivity index (χ2v) is 9.43. The van der Waals surface area contributed by atoms with E-state index in [4.69, 9.17) is 17.3 Å². The molecule has 2 atom stereocenters. The van der Waals surface area contributed by atoms with Crippen LogP contribution in [-0.4, -0.2) is 44.3 Å². The van der Waals surface area contributed by atoms with Gasteiger partial charge < -0.3 is 11.1 Å². The molecular formula is C15H18ClN3O3S2. The third-order valence-electron chi connectivity index (χ3n) is 4.23. The van der Waals surface area contributed by atoms with Gasteiger partial charge in [-0.1, -0.05) is 11.6 Å². The maximum atomic E-state index is 13.2. The number of likely N-dealkylation sites (N-methyl/N-ethyl adjacent to an activating group) is 1. The first-order valence-electron chi connectivity index (χ1n) is 7.43. The van der Waals surface area contributed by atoms with Crippen LogP contribution in [0.3, 0.4) is 0 Å². The normalized spacial score (nSPS) is 22.2. The van der Waals surface area contributed by atoms with E-state index in [0.29, 0.717) is 17.0 Å². The molecule has 3 N–H and O–H groups in total. The molecule has 0 bridgehead atoms. The van der Waals surface area contributed by atoms with Crippen molar-refractivity contribution in [3.8, 4) is 0 Å². The molecule has 2 aromatic rings. The Kier molecular flexibility index (Phi) is 4.61. The van der Waals surface area contributed by atoms with Crippen molar-refractivity contribution in [2.75, 3.05) is 13.6 Å². The summed E-state index contributed by atoms with van der Waals surface area (Å²) >= 11 is 7.21. The molecule has 0 aliphatic carbocycles. The van der Waals surface area contributed by atoms with Crippen molar-refractivity contribution in [3.05, 3.63) is 28.8 Å². The van der Waals surface area contributed by atoms with Crippen molar-refractivity contribution in [3.63, 3.8) is 0 Å². The van der Waals surface area contributed by atoms with Gasteiger partial charge in [0.1, 0.15) is 10.3 Å². The van der Waals surface area contributed by atoms with Crippen LogP contribution in [0.2, 0.25) is 5.02 Å². The number of nitrogens with zero attached hydrogens (tertiary/aromatic N) is 1. The quantitative estimate of drug-likeness (QED) is 0.838. The molecule has 1 aromatic carbocycles. The van der Waals surface area contributed by atoms with Crippen LogP contribution in [0.25, 0.3) is 10.1 Å². The second kappa shape index (κ2) is 6.27. The van der Waals surface area contributed by atoms with Gasteiger partial charge in [0, 0.05) is 29.4 Å². The average Bonchev–Trinajstić information content (AvgIpc) is 3.08. The predicted octanol–water partition coefficient (Wildman–Crippen LogP) is 1.70. The number of rotatable bonds is 3. The molecule has 0 spiro atoms. The zero-order chi connectivity index (χ0) is 17.6. The smallest absolute Gasteiger partial charge is 0.253 e. The zero-order valence-electron chi connectivity index (χ0n) is 13.2. The Hall–Kier alpha value is -1.19. The summed E-state index contributed by atoms with van der Waals surface area (Å²) in [7, 11) is -2.32. The van der Waals surface area contributed by atoms with Crippen LogP contribution in [0.4, 0.5) is 0 Å². The van der Waals surface area contributed by atoms with E-state index in [2.05, 4.69) is 5.32 Å². The van der Waals surface area contributed by atoms with Crippen molar-refractivity contribution < 1.29 is 13.2 Å². The van der Waals surface area contributed by atoms with E-state index in [1.165, 1.54) is 22.7 Å². The number of carbonyl (C=O) groups is 1. The summed E-state index contributed by atoms with van der Waals surface area (Å²) in [6.07, 6.45) is 0.314. The maximum Gasteiger partial charge on any atom is 0.253 e. The number of nitrogens with two attached hydrogens (primary N) is 1. The predicted molar refractivity (Wildman–Crippen MR) is 95.9 cm³/mol. The van der Waals surface area contributed by atoms with Crippen molar-refractivity contribution in [2.24, 2.45) is 5.73 Å². The summed E-state index contributed by atoms with van der Waals surface area (Å²) in [6.45, 7) is 1.89. The largest absolute Gasteiger partial charge is 0.358 e. The van der Waals surface area contributed by atoms with Gasteiger partial charge in [0.05, 0.1) is 0 Å². The number of aryl methyl sites for hydroxylation is 1. The molecule has 0 radical (unpaired) electrons. The molecule has 1 aliphatic rings. The van der Waals surface area contributed by atoms with Crippen LogP contribution in [0.15, 0.2) is 22.4 Å². The van der Waals surface area contributed by atoms with Gasteiger partial charge in [-0.2, -0.15) is 4.31 Å². The van der Waals surface area contributed by atoms with E-state index >= 15 is 0 Å². The van der Waals surface area contributed by atoms with Crippen molar-refractivity contribution in [1.29, 1.82) is 0 Å². The lowest BCUT2D eigenvalue weighted by Crippen LogP contribution is -2.44. The van der Waals surface area contributed by atoms with Crippen LogP contribution in [-0.2, 0) is 14.8 Å². The molecule has 1 fully saturated rings. The molecule has 1 aliphatic heterocycles. The SMILES string of the molecule is CNC(=O)[C@@H]1C[C@@H](N)CN1S(=O)(=O)c1sc2ccc(Cl)cc2c1C. The van der Waals surface area contributed by atoms with Gasteiger partial charge in [-0.15, -0.1) is 11.3 Å². The number of fused-ring (bicyclic) bond motifs is 1. The molecule has 1 amide bonds. The monoisotopic (exact) mass is 387 g/mol. The fourth-order valence-corrected chi connectivity index (χ4v) is 6.72. The summed E-state index contributed by atoms with van der Waals surface area (Å²) in [5.74, 6) is -0.340. The third-order valence-corrected chi connectivity index (χ3v) is 8.21. The van der Waals surface area contributed by atoms with Gasteiger partial charge in [-0.05, 0) is 42.5 Å². The van der Waals surface area contributed by atoms with Gasteiger partial charge in [0.15, 0.2) is 0 Å². The van der Waals surface area contributed by atoms with Crippen molar-refractivity contribution >= 4 is 49.0 Å². The molecule has 2 heterocycles. The molecule has 1 saturated heterocycles. The average molecular weight is 388 g/mol. The lowest BCUT2D eigenvalue weighted by Gasteiger charge is -2.22. The minimum atomic E-state index is -3.81. The van der Waals surface area contributed by atoms with E-state index in [1.54, 1.807) is 25.1 Å². The first-order valence-corrected chi connectivity index (χ1v) is 10.1. The number of thiophene rings is 1. The highest BCUT2D eigenvalue weighted by Gasteiger charge is 2.43. The summed E-state index contributed by atoms with van der Waals surface area (Å²) < 4.78 is 28.6. The lowest BCUT2D eigenvalue weighted by molar-refractivity contribution is -0.123. The number of carbonyl (C=O) groups excluding carboxylic acids is 1. The third kappa shape index (κ3) is 2.82. The fraction of sp³-hybridized carbons (Fsp3) is 0.400. The highest BCUT2D eigenvalue weighted by molar-refractivity contribution is 7.91. The Labute approximate surface area is 149 Å². The summed E-state index contributed by atoms with van der Waals surface area (Å²) in [4.78, 5) is 12.1. The van der Waals surface area contributed by atoms with Gasteiger partial charge >= 0.3 is 0 Å². The Bertz CT molecular complexity index is 910. The van der Waals surface area contributed by atoms with Crippen LogP contribution in [0.5, 0.6) is 0 Å². The van der Waals surface area contributed by atoms with Crippen molar-refractivity contribution in [2.45, 2.75) is 29.6 Å². The minimum Gasteiger partial charge on any atom is -0.358 e. The number of nitrogens with one attached hydrogen (secondary N) is 1. The van der Waals surface area contributed by atoms with E-state index in [-0.39, 0.29) is 22.7 Å². The van der Waals surface area contributed by atoms with E-state index in [1.807, 2.05) is 0 Å². The topological polar surface area (TPSA) is 92.5 Å². The Balaban J connectivity index is 2.10. The number of hydrogen-bond donors (Lipinski definition) is 2. The van der Waals surface area contributed by atoms with Crippen molar-refractivity contribution in [1.82, 2.24) is 9.62 Å². The maximum absolute atomic E-state index is 13.2. The summed E-state index contributed by atoms with van der Waals surface area (Å²) in [6, 6.07) is 4.16. The highest BCUT2D eigenvalue weighted by Crippen LogP contribution is 2.38. The lowest BCUT2D eigenvalue weighted by atomic mass is 10.2. The molecule has 130 valence electrons.